The smallest absolute Gasteiger partial charge is 0.318 e. The second kappa shape index (κ2) is 7.02. The molecule has 1 aliphatic carbocycles. The zero-order chi connectivity index (χ0) is 18.1. The predicted molar refractivity (Wildman–Crippen MR) is 93.5 cm³/mol. The first-order valence-electron chi connectivity index (χ1n) is 9.04. The number of hydrogen-bond acceptors (Lipinski definition) is 2. The van der Waals surface area contributed by atoms with Gasteiger partial charge in [0.25, 0.3) is 0 Å². The van der Waals surface area contributed by atoms with Crippen molar-refractivity contribution in [2.45, 2.75) is 64.2 Å². The second-order valence-corrected chi connectivity index (χ2v) is 7.25. The van der Waals surface area contributed by atoms with Gasteiger partial charge in [-0.1, -0.05) is 18.2 Å². The molecule has 1 saturated heterocycles. The standard InChI is InChI=1S/C19H26FN3O2/c1-12(2)22-11-10-17(18(22)24)21-19(25)23(14-8-9-14)13(3)15-6-4-5-7-16(15)20/h4-7,12-14,17H,8-11H2,1-3H3,(H,21,25)/t13-,17+/m1/s1. The summed E-state index contributed by atoms with van der Waals surface area (Å²) in [7, 11) is 0. The molecule has 1 aliphatic heterocycles. The topological polar surface area (TPSA) is 52.7 Å². The van der Waals surface area contributed by atoms with E-state index in [2.05, 4.69) is 5.32 Å². The number of benzene rings is 1. The number of likely N-dealkylation sites (tertiary alicyclic amines) is 1. The number of hydrogen-bond donors (Lipinski definition) is 1. The summed E-state index contributed by atoms with van der Waals surface area (Å²) in [6.07, 6.45) is 2.46. The largest absolute Gasteiger partial charge is 0.338 e. The Kier molecular flexibility index (Phi) is 4.97. The molecule has 25 heavy (non-hydrogen) atoms. The quantitative estimate of drug-likeness (QED) is 0.890. The minimum atomic E-state index is -0.482. The predicted octanol–water partition coefficient (Wildman–Crippen LogP) is 3.07. The first-order valence-corrected chi connectivity index (χ1v) is 9.04. The molecule has 0 unspecified atom stereocenters. The lowest BCUT2D eigenvalue weighted by atomic mass is 10.1. The van der Waals surface area contributed by atoms with Gasteiger partial charge in [0, 0.05) is 24.2 Å². The number of nitrogens with one attached hydrogen (secondary N) is 1. The van der Waals surface area contributed by atoms with Crippen LogP contribution in [0.1, 0.15) is 51.6 Å². The number of halogens is 1. The van der Waals surface area contributed by atoms with Crippen molar-refractivity contribution in [2.24, 2.45) is 0 Å². The van der Waals surface area contributed by atoms with E-state index in [-0.39, 0.29) is 35.9 Å². The highest BCUT2D eigenvalue weighted by Crippen LogP contribution is 2.35. The molecule has 0 spiro atoms. The number of amides is 3. The van der Waals surface area contributed by atoms with Crippen molar-refractivity contribution < 1.29 is 14.0 Å². The van der Waals surface area contributed by atoms with Crippen molar-refractivity contribution in [3.8, 4) is 0 Å². The van der Waals surface area contributed by atoms with Crippen LogP contribution in [-0.4, -0.2) is 46.4 Å². The van der Waals surface area contributed by atoms with E-state index in [1.54, 1.807) is 28.0 Å². The Bertz CT molecular complexity index is 660. The minimum Gasteiger partial charge on any atom is -0.338 e. The Morgan fingerprint density at radius 1 is 1.24 bits per heavy atom. The van der Waals surface area contributed by atoms with Crippen LogP contribution in [-0.2, 0) is 4.79 Å². The van der Waals surface area contributed by atoms with Gasteiger partial charge in [0.15, 0.2) is 0 Å². The SMILES string of the molecule is CC(C)N1CC[C@H](NC(=O)N(C2CC2)[C@H](C)c2ccccc2F)C1=O. The fourth-order valence-corrected chi connectivity index (χ4v) is 3.55. The summed E-state index contributed by atoms with van der Waals surface area (Å²) in [4.78, 5) is 28.8. The molecule has 2 aliphatic rings. The lowest BCUT2D eigenvalue weighted by Crippen LogP contribution is -2.50. The highest BCUT2D eigenvalue weighted by Gasteiger charge is 2.40. The normalized spacial score (nSPS) is 21.6. The molecule has 0 radical (unpaired) electrons. The van der Waals surface area contributed by atoms with Crippen LogP contribution in [0.25, 0.3) is 0 Å². The summed E-state index contributed by atoms with van der Waals surface area (Å²) in [6, 6.07) is 5.67. The molecule has 0 aromatic heterocycles. The van der Waals surface area contributed by atoms with Crippen LogP contribution in [0.15, 0.2) is 24.3 Å². The van der Waals surface area contributed by atoms with Crippen LogP contribution in [0.4, 0.5) is 9.18 Å². The van der Waals surface area contributed by atoms with Gasteiger partial charge in [-0.15, -0.1) is 0 Å². The van der Waals surface area contributed by atoms with Gasteiger partial charge in [-0.25, -0.2) is 9.18 Å². The number of carbonyl (C=O) groups excluding carboxylic acids is 2. The molecule has 2 atom stereocenters. The molecule has 3 rings (SSSR count). The van der Waals surface area contributed by atoms with E-state index in [0.29, 0.717) is 18.5 Å². The minimum absolute atomic E-state index is 0.0300. The monoisotopic (exact) mass is 347 g/mol. The van der Waals surface area contributed by atoms with E-state index < -0.39 is 6.04 Å². The lowest BCUT2D eigenvalue weighted by molar-refractivity contribution is -0.130. The summed E-state index contributed by atoms with van der Waals surface area (Å²) in [5.41, 5.74) is 0.506. The van der Waals surface area contributed by atoms with Crippen molar-refractivity contribution >= 4 is 11.9 Å². The number of nitrogens with zero attached hydrogens (tertiary/aromatic N) is 2. The summed E-state index contributed by atoms with van der Waals surface area (Å²) in [5.74, 6) is -0.339. The molecule has 3 amide bonds. The Labute approximate surface area is 148 Å². The highest BCUT2D eigenvalue weighted by molar-refractivity contribution is 5.89. The maximum Gasteiger partial charge on any atom is 0.318 e. The van der Waals surface area contributed by atoms with E-state index in [9.17, 15) is 14.0 Å². The van der Waals surface area contributed by atoms with Crippen LogP contribution in [0.5, 0.6) is 0 Å². The van der Waals surface area contributed by atoms with Crippen molar-refractivity contribution in [1.29, 1.82) is 0 Å². The van der Waals surface area contributed by atoms with Gasteiger partial charge in [-0.3, -0.25) is 4.79 Å². The summed E-state index contributed by atoms with van der Waals surface area (Å²) >= 11 is 0. The van der Waals surface area contributed by atoms with Crippen LogP contribution in [0.3, 0.4) is 0 Å². The second-order valence-electron chi connectivity index (χ2n) is 7.25. The Morgan fingerprint density at radius 2 is 1.92 bits per heavy atom. The lowest BCUT2D eigenvalue weighted by Gasteiger charge is -2.31. The van der Waals surface area contributed by atoms with Crippen molar-refractivity contribution in [3.63, 3.8) is 0 Å². The number of urea groups is 1. The molecule has 136 valence electrons. The summed E-state index contributed by atoms with van der Waals surface area (Å²) in [5, 5.41) is 2.88. The summed E-state index contributed by atoms with van der Waals surface area (Å²) in [6.45, 7) is 6.44. The van der Waals surface area contributed by atoms with Crippen LogP contribution in [0.2, 0.25) is 0 Å². The first-order chi connectivity index (χ1) is 11.9. The molecule has 2 fully saturated rings. The fourth-order valence-electron chi connectivity index (χ4n) is 3.55. The molecule has 1 aromatic rings. The third kappa shape index (κ3) is 3.62. The molecular formula is C19H26FN3O2. The van der Waals surface area contributed by atoms with Crippen molar-refractivity contribution in [2.75, 3.05) is 6.54 Å². The van der Waals surface area contributed by atoms with E-state index in [4.69, 9.17) is 0 Å². The van der Waals surface area contributed by atoms with E-state index >= 15 is 0 Å². The Balaban J connectivity index is 1.72. The van der Waals surface area contributed by atoms with Gasteiger partial charge in [-0.05, 0) is 46.1 Å². The molecule has 1 N–H and O–H groups in total. The zero-order valence-corrected chi connectivity index (χ0v) is 15.0. The Hall–Kier alpha value is -2.11. The van der Waals surface area contributed by atoms with E-state index in [1.807, 2.05) is 20.8 Å². The molecular weight excluding hydrogens is 321 g/mol. The van der Waals surface area contributed by atoms with Gasteiger partial charge in [0.1, 0.15) is 11.9 Å². The van der Waals surface area contributed by atoms with Gasteiger partial charge in [0.05, 0.1) is 6.04 Å². The molecule has 1 aromatic carbocycles. The number of rotatable bonds is 5. The Morgan fingerprint density at radius 3 is 2.48 bits per heavy atom. The fraction of sp³-hybridized carbons (Fsp3) is 0.579. The average Bonchev–Trinajstić information content (AvgIpc) is 3.32. The third-order valence-electron chi connectivity index (χ3n) is 5.11. The van der Waals surface area contributed by atoms with Gasteiger partial charge < -0.3 is 15.1 Å². The van der Waals surface area contributed by atoms with Crippen LogP contribution < -0.4 is 5.32 Å². The van der Waals surface area contributed by atoms with Crippen LogP contribution in [0, 0.1) is 5.82 Å². The third-order valence-corrected chi connectivity index (χ3v) is 5.11. The average molecular weight is 347 g/mol. The molecule has 0 bridgehead atoms. The summed E-state index contributed by atoms with van der Waals surface area (Å²) < 4.78 is 14.1. The van der Waals surface area contributed by atoms with Crippen molar-refractivity contribution in [1.82, 2.24) is 15.1 Å². The number of carbonyl (C=O) groups is 2. The first kappa shape index (κ1) is 17.7. The molecule has 1 saturated carbocycles. The maximum atomic E-state index is 14.1. The molecule has 6 heteroatoms. The zero-order valence-electron chi connectivity index (χ0n) is 15.0. The van der Waals surface area contributed by atoms with Gasteiger partial charge in [-0.2, -0.15) is 0 Å². The molecule has 5 nitrogen and oxygen atoms in total. The molecule has 1 heterocycles. The van der Waals surface area contributed by atoms with Gasteiger partial charge >= 0.3 is 6.03 Å². The maximum absolute atomic E-state index is 14.1. The van der Waals surface area contributed by atoms with E-state index in [1.165, 1.54) is 6.07 Å². The van der Waals surface area contributed by atoms with E-state index in [0.717, 1.165) is 12.8 Å². The van der Waals surface area contributed by atoms with Crippen LogP contribution >= 0.6 is 0 Å². The van der Waals surface area contributed by atoms with Crippen molar-refractivity contribution in [3.05, 3.63) is 35.6 Å². The van der Waals surface area contributed by atoms with Gasteiger partial charge in [0.2, 0.25) is 5.91 Å². The highest BCUT2D eigenvalue weighted by atomic mass is 19.1.